The van der Waals surface area contributed by atoms with E-state index in [1.54, 1.807) is 7.11 Å². The molecule has 0 aliphatic heterocycles. The maximum Gasteiger partial charge on any atom is 0.101 e. The third-order valence-electron chi connectivity index (χ3n) is 2.91. The van der Waals surface area contributed by atoms with E-state index in [1.165, 1.54) is 0 Å². The predicted molar refractivity (Wildman–Crippen MR) is 78.0 cm³/mol. The molecule has 4 nitrogen and oxygen atoms in total. The molecule has 19 heavy (non-hydrogen) atoms. The molecule has 0 bridgehead atoms. The van der Waals surface area contributed by atoms with Gasteiger partial charge in [-0.2, -0.15) is 5.26 Å². The Morgan fingerprint density at radius 3 is 2.68 bits per heavy atom. The summed E-state index contributed by atoms with van der Waals surface area (Å²) in [7, 11) is 1.69. The van der Waals surface area contributed by atoms with Gasteiger partial charge in [0.05, 0.1) is 17.9 Å². The van der Waals surface area contributed by atoms with Crippen LogP contribution >= 0.6 is 0 Å². The molecule has 0 spiro atoms. The Morgan fingerprint density at radius 1 is 1.42 bits per heavy atom. The second-order valence-corrected chi connectivity index (χ2v) is 5.00. The highest BCUT2D eigenvalue weighted by Crippen LogP contribution is 2.22. The summed E-state index contributed by atoms with van der Waals surface area (Å²) in [6.45, 7) is 7.12. The molecule has 4 heteroatoms. The summed E-state index contributed by atoms with van der Waals surface area (Å²) in [4.78, 5) is 2.20. The monoisotopic (exact) mass is 261 g/mol. The first-order valence-corrected chi connectivity index (χ1v) is 6.59. The van der Waals surface area contributed by atoms with E-state index in [0.29, 0.717) is 24.6 Å². The fourth-order valence-corrected chi connectivity index (χ4v) is 2.03. The van der Waals surface area contributed by atoms with Gasteiger partial charge < -0.3 is 15.4 Å². The Morgan fingerprint density at radius 2 is 2.16 bits per heavy atom. The van der Waals surface area contributed by atoms with E-state index >= 15 is 0 Å². The van der Waals surface area contributed by atoms with Crippen LogP contribution in [0.15, 0.2) is 18.2 Å². The number of hydrogen-bond donors (Lipinski definition) is 1. The lowest BCUT2D eigenvalue weighted by atomic mass is 10.1. The van der Waals surface area contributed by atoms with Gasteiger partial charge in [-0.25, -0.2) is 0 Å². The summed E-state index contributed by atoms with van der Waals surface area (Å²) in [6.07, 6.45) is 0. The molecule has 104 valence electrons. The SMILES string of the molecule is COCCN(CC(C)C)c1ccc(CN)cc1C#N. The zero-order valence-electron chi connectivity index (χ0n) is 12.0. The molecule has 1 rings (SSSR count). The Labute approximate surface area is 115 Å². The van der Waals surface area contributed by atoms with Crippen molar-refractivity contribution in [2.75, 3.05) is 31.7 Å². The fraction of sp³-hybridized carbons (Fsp3) is 0.533. The van der Waals surface area contributed by atoms with E-state index in [4.69, 9.17) is 10.5 Å². The molecule has 0 heterocycles. The lowest BCUT2D eigenvalue weighted by Gasteiger charge is -2.27. The van der Waals surface area contributed by atoms with Crippen LogP contribution < -0.4 is 10.6 Å². The van der Waals surface area contributed by atoms with Crippen LogP contribution in [-0.4, -0.2) is 26.8 Å². The van der Waals surface area contributed by atoms with E-state index in [2.05, 4.69) is 24.8 Å². The van der Waals surface area contributed by atoms with Crippen LogP contribution in [0.25, 0.3) is 0 Å². The number of ether oxygens (including phenoxy) is 1. The largest absolute Gasteiger partial charge is 0.383 e. The quantitative estimate of drug-likeness (QED) is 0.816. The van der Waals surface area contributed by atoms with Gasteiger partial charge in [-0.15, -0.1) is 0 Å². The van der Waals surface area contributed by atoms with Crippen molar-refractivity contribution in [1.29, 1.82) is 5.26 Å². The molecule has 0 aromatic heterocycles. The Bertz CT molecular complexity index is 438. The van der Waals surface area contributed by atoms with E-state index < -0.39 is 0 Å². The third kappa shape index (κ3) is 4.55. The third-order valence-corrected chi connectivity index (χ3v) is 2.91. The second kappa shape index (κ2) is 7.78. The molecule has 2 N–H and O–H groups in total. The number of nitriles is 1. The van der Waals surface area contributed by atoms with Crippen molar-refractivity contribution in [3.05, 3.63) is 29.3 Å². The molecule has 0 radical (unpaired) electrons. The summed E-state index contributed by atoms with van der Waals surface area (Å²) >= 11 is 0. The molecular formula is C15H23N3O. The van der Waals surface area contributed by atoms with Gasteiger partial charge in [0.2, 0.25) is 0 Å². The number of hydrogen-bond acceptors (Lipinski definition) is 4. The second-order valence-electron chi connectivity index (χ2n) is 5.00. The van der Waals surface area contributed by atoms with Crippen molar-refractivity contribution in [3.63, 3.8) is 0 Å². The van der Waals surface area contributed by atoms with Gasteiger partial charge in [0.15, 0.2) is 0 Å². The minimum atomic E-state index is 0.456. The summed E-state index contributed by atoms with van der Waals surface area (Å²) in [5.74, 6) is 0.526. The number of rotatable bonds is 7. The average Bonchev–Trinajstić information content (AvgIpc) is 2.42. The van der Waals surface area contributed by atoms with Crippen LogP contribution in [0.1, 0.15) is 25.0 Å². The summed E-state index contributed by atoms with van der Waals surface area (Å²) in [5.41, 5.74) is 8.24. The normalized spacial score (nSPS) is 10.5. The van der Waals surface area contributed by atoms with Crippen molar-refractivity contribution in [2.24, 2.45) is 11.7 Å². The van der Waals surface area contributed by atoms with Crippen LogP contribution in [0.2, 0.25) is 0 Å². The molecule has 0 aliphatic rings. The van der Waals surface area contributed by atoms with Crippen LogP contribution in [0.3, 0.4) is 0 Å². The van der Waals surface area contributed by atoms with Crippen LogP contribution in [-0.2, 0) is 11.3 Å². The number of methoxy groups -OCH3 is 1. The molecule has 1 aromatic carbocycles. The molecule has 0 saturated carbocycles. The van der Waals surface area contributed by atoms with Crippen LogP contribution in [0.5, 0.6) is 0 Å². The number of anilines is 1. The zero-order valence-corrected chi connectivity index (χ0v) is 12.0. The topological polar surface area (TPSA) is 62.3 Å². The number of nitrogens with zero attached hydrogens (tertiary/aromatic N) is 2. The van der Waals surface area contributed by atoms with Gasteiger partial charge in [0.1, 0.15) is 6.07 Å². The van der Waals surface area contributed by atoms with Gasteiger partial charge in [-0.1, -0.05) is 19.9 Å². The highest BCUT2D eigenvalue weighted by atomic mass is 16.5. The van der Waals surface area contributed by atoms with Gasteiger partial charge >= 0.3 is 0 Å². The van der Waals surface area contributed by atoms with Gasteiger partial charge in [0, 0.05) is 26.7 Å². The summed E-state index contributed by atoms with van der Waals surface area (Å²) in [6, 6.07) is 8.10. The highest BCUT2D eigenvalue weighted by Gasteiger charge is 2.13. The molecular weight excluding hydrogens is 238 g/mol. The zero-order chi connectivity index (χ0) is 14.3. The Hall–Kier alpha value is -1.57. The molecule has 0 fully saturated rings. The Kier molecular flexibility index (Phi) is 6.34. The average molecular weight is 261 g/mol. The standard InChI is InChI=1S/C15H23N3O/c1-12(2)11-18(6-7-19-3)15-5-4-13(9-16)8-14(15)10-17/h4-5,8,12H,6-7,9,11,16H2,1-3H3. The van der Waals surface area contributed by atoms with Crippen LogP contribution in [0.4, 0.5) is 5.69 Å². The maximum absolute atomic E-state index is 9.30. The first-order valence-electron chi connectivity index (χ1n) is 6.59. The summed E-state index contributed by atoms with van der Waals surface area (Å²) in [5, 5.41) is 9.30. The van der Waals surface area contributed by atoms with Crippen molar-refractivity contribution >= 4 is 5.69 Å². The minimum absolute atomic E-state index is 0.456. The van der Waals surface area contributed by atoms with Crippen molar-refractivity contribution in [3.8, 4) is 6.07 Å². The minimum Gasteiger partial charge on any atom is -0.383 e. The van der Waals surface area contributed by atoms with Crippen molar-refractivity contribution in [1.82, 2.24) is 0 Å². The fourth-order valence-electron chi connectivity index (χ4n) is 2.03. The van der Waals surface area contributed by atoms with Gasteiger partial charge in [0.25, 0.3) is 0 Å². The summed E-state index contributed by atoms with van der Waals surface area (Å²) < 4.78 is 5.15. The van der Waals surface area contributed by atoms with Crippen molar-refractivity contribution < 1.29 is 4.74 Å². The first-order chi connectivity index (χ1) is 9.12. The van der Waals surface area contributed by atoms with E-state index in [-0.39, 0.29) is 0 Å². The highest BCUT2D eigenvalue weighted by molar-refractivity contribution is 5.60. The molecule has 1 aromatic rings. The van der Waals surface area contributed by atoms with E-state index in [0.717, 1.165) is 24.3 Å². The maximum atomic E-state index is 9.30. The lowest BCUT2D eigenvalue weighted by Crippen LogP contribution is -2.31. The number of nitrogens with two attached hydrogens (primary N) is 1. The number of benzene rings is 1. The lowest BCUT2D eigenvalue weighted by molar-refractivity contribution is 0.204. The van der Waals surface area contributed by atoms with Gasteiger partial charge in [-0.3, -0.25) is 0 Å². The molecule has 0 saturated heterocycles. The smallest absolute Gasteiger partial charge is 0.101 e. The van der Waals surface area contributed by atoms with E-state index in [9.17, 15) is 5.26 Å². The van der Waals surface area contributed by atoms with Crippen LogP contribution in [0, 0.1) is 17.2 Å². The van der Waals surface area contributed by atoms with E-state index in [1.807, 2.05) is 18.2 Å². The molecule has 0 aliphatic carbocycles. The Balaban J connectivity index is 3.03. The molecule has 0 atom stereocenters. The van der Waals surface area contributed by atoms with Gasteiger partial charge in [-0.05, 0) is 23.6 Å². The molecule has 0 unspecified atom stereocenters. The van der Waals surface area contributed by atoms with Crippen molar-refractivity contribution in [2.45, 2.75) is 20.4 Å². The predicted octanol–water partition coefficient (Wildman–Crippen LogP) is 2.13. The molecule has 0 amide bonds. The first kappa shape index (κ1) is 15.5.